The second-order valence-corrected chi connectivity index (χ2v) is 5.46. The van der Waals surface area contributed by atoms with Gasteiger partial charge in [-0.25, -0.2) is 4.39 Å². The molecule has 2 aromatic carbocycles. The van der Waals surface area contributed by atoms with E-state index in [2.05, 4.69) is 40.3 Å². The van der Waals surface area contributed by atoms with Crippen LogP contribution in [-0.2, 0) is 0 Å². The predicted molar refractivity (Wildman–Crippen MR) is 80.8 cm³/mol. The Labute approximate surface area is 122 Å². The van der Waals surface area contributed by atoms with Crippen molar-refractivity contribution in [2.24, 2.45) is 0 Å². The molecule has 0 aliphatic heterocycles. The van der Waals surface area contributed by atoms with Gasteiger partial charge in [-0.2, -0.15) is 0 Å². The van der Waals surface area contributed by atoms with Crippen molar-refractivity contribution >= 4 is 15.9 Å². The Bertz CT molecular complexity index is 551. The van der Waals surface area contributed by atoms with E-state index in [1.54, 1.807) is 6.07 Å². The van der Waals surface area contributed by atoms with E-state index in [1.807, 2.05) is 25.1 Å². The standard InChI is InChI=1S/C16H17BrFN/c1-3-19-16(12-4-6-13(17)7-5-12)15-9-8-14(18)10-11(15)2/h4-10,16,19H,3H2,1-2H3. The lowest BCUT2D eigenvalue weighted by molar-refractivity contribution is 0.610. The van der Waals surface area contributed by atoms with Crippen molar-refractivity contribution in [2.75, 3.05) is 6.54 Å². The highest BCUT2D eigenvalue weighted by Gasteiger charge is 2.15. The van der Waals surface area contributed by atoms with Crippen molar-refractivity contribution < 1.29 is 4.39 Å². The first kappa shape index (κ1) is 14.2. The van der Waals surface area contributed by atoms with Crippen LogP contribution in [0.25, 0.3) is 0 Å². The lowest BCUT2D eigenvalue weighted by Crippen LogP contribution is -2.22. The van der Waals surface area contributed by atoms with Crippen molar-refractivity contribution in [2.45, 2.75) is 19.9 Å². The van der Waals surface area contributed by atoms with Gasteiger partial charge in [0.2, 0.25) is 0 Å². The molecule has 1 N–H and O–H groups in total. The van der Waals surface area contributed by atoms with Crippen molar-refractivity contribution in [3.63, 3.8) is 0 Å². The third-order valence-electron chi connectivity index (χ3n) is 3.15. The summed E-state index contributed by atoms with van der Waals surface area (Å²) in [5.74, 6) is -0.188. The molecule has 0 fully saturated rings. The second kappa shape index (κ2) is 6.31. The molecule has 3 heteroatoms. The molecule has 0 heterocycles. The van der Waals surface area contributed by atoms with Crippen molar-refractivity contribution in [1.82, 2.24) is 5.32 Å². The lowest BCUT2D eigenvalue weighted by Gasteiger charge is -2.21. The molecule has 1 atom stereocenters. The van der Waals surface area contributed by atoms with Gasteiger partial charge in [0.25, 0.3) is 0 Å². The van der Waals surface area contributed by atoms with Gasteiger partial charge in [0.1, 0.15) is 5.82 Å². The number of aryl methyl sites for hydroxylation is 1. The van der Waals surface area contributed by atoms with Crippen molar-refractivity contribution in [3.05, 3.63) is 69.4 Å². The third-order valence-corrected chi connectivity index (χ3v) is 3.68. The van der Waals surface area contributed by atoms with Gasteiger partial charge in [0.05, 0.1) is 6.04 Å². The number of hydrogen-bond acceptors (Lipinski definition) is 1. The van der Waals surface area contributed by atoms with Crippen LogP contribution in [0.5, 0.6) is 0 Å². The zero-order chi connectivity index (χ0) is 13.8. The summed E-state index contributed by atoms with van der Waals surface area (Å²) in [4.78, 5) is 0. The highest BCUT2D eigenvalue weighted by Crippen LogP contribution is 2.26. The lowest BCUT2D eigenvalue weighted by atomic mass is 9.95. The van der Waals surface area contributed by atoms with Gasteiger partial charge >= 0.3 is 0 Å². The number of nitrogens with one attached hydrogen (secondary N) is 1. The third kappa shape index (κ3) is 3.43. The van der Waals surface area contributed by atoms with E-state index in [4.69, 9.17) is 0 Å². The monoisotopic (exact) mass is 321 g/mol. The maximum absolute atomic E-state index is 13.2. The molecule has 1 unspecified atom stereocenters. The average molecular weight is 322 g/mol. The van der Waals surface area contributed by atoms with Gasteiger partial charge in [0.15, 0.2) is 0 Å². The van der Waals surface area contributed by atoms with Gasteiger partial charge in [0, 0.05) is 4.47 Å². The molecule has 2 rings (SSSR count). The van der Waals surface area contributed by atoms with E-state index >= 15 is 0 Å². The van der Waals surface area contributed by atoms with Crippen LogP contribution in [-0.4, -0.2) is 6.54 Å². The fraction of sp³-hybridized carbons (Fsp3) is 0.250. The van der Waals surface area contributed by atoms with E-state index in [1.165, 1.54) is 11.6 Å². The first-order valence-electron chi connectivity index (χ1n) is 6.36. The normalized spacial score (nSPS) is 12.4. The van der Waals surface area contributed by atoms with Crippen molar-refractivity contribution in [3.8, 4) is 0 Å². The smallest absolute Gasteiger partial charge is 0.123 e. The molecule has 0 spiro atoms. The Morgan fingerprint density at radius 2 is 1.84 bits per heavy atom. The van der Waals surface area contributed by atoms with Gasteiger partial charge in [-0.15, -0.1) is 0 Å². The maximum Gasteiger partial charge on any atom is 0.123 e. The quantitative estimate of drug-likeness (QED) is 0.868. The molecule has 1 nitrogen and oxygen atoms in total. The highest BCUT2D eigenvalue weighted by atomic mass is 79.9. The predicted octanol–water partition coefficient (Wildman–Crippen LogP) is 4.60. The minimum Gasteiger partial charge on any atom is -0.307 e. The topological polar surface area (TPSA) is 12.0 Å². The Morgan fingerprint density at radius 3 is 2.42 bits per heavy atom. The number of benzene rings is 2. The zero-order valence-corrected chi connectivity index (χ0v) is 12.7. The van der Waals surface area contributed by atoms with Crippen LogP contribution in [0.1, 0.15) is 29.7 Å². The summed E-state index contributed by atoms with van der Waals surface area (Å²) in [5, 5.41) is 3.46. The first-order chi connectivity index (χ1) is 9.11. The molecular weight excluding hydrogens is 305 g/mol. The summed E-state index contributed by atoms with van der Waals surface area (Å²) >= 11 is 3.44. The molecule has 2 aromatic rings. The largest absolute Gasteiger partial charge is 0.307 e. The molecule has 0 bridgehead atoms. The first-order valence-corrected chi connectivity index (χ1v) is 7.16. The average Bonchev–Trinajstić information content (AvgIpc) is 2.38. The Kier molecular flexibility index (Phi) is 4.72. The molecule has 0 aliphatic rings. The Morgan fingerprint density at radius 1 is 1.16 bits per heavy atom. The van der Waals surface area contributed by atoms with Crippen LogP contribution in [0, 0.1) is 12.7 Å². The SMILES string of the molecule is CCNC(c1ccc(Br)cc1)c1ccc(F)cc1C. The van der Waals surface area contributed by atoms with Crippen molar-refractivity contribution in [1.29, 1.82) is 0 Å². The highest BCUT2D eigenvalue weighted by molar-refractivity contribution is 9.10. The van der Waals surface area contributed by atoms with E-state index in [0.717, 1.165) is 22.1 Å². The van der Waals surface area contributed by atoms with E-state index in [9.17, 15) is 4.39 Å². The summed E-state index contributed by atoms with van der Waals surface area (Å²) in [6.07, 6.45) is 0. The molecule has 0 amide bonds. The van der Waals surface area contributed by atoms with Crippen LogP contribution in [0.2, 0.25) is 0 Å². The fourth-order valence-electron chi connectivity index (χ4n) is 2.23. The van der Waals surface area contributed by atoms with Crippen LogP contribution in [0.4, 0.5) is 4.39 Å². The van der Waals surface area contributed by atoms with Crippen LogP contribution >= 0.6 is 15.9 Å². The number of hydrogen-bond donors (Lipinski definition) is 1. The molecule has 0 aromatic heterocycles. The molecule has 100 valence electrons. The summed E-state index contributed by atoms with van der Waals surface area (Å²) in [5.41, 5.74) is 3.26. The van der Waals surface area contributed by atoms with Gasteiger partial charge in [-0.1, -0.05) is 41.1 Å². The molecule has 0 radical (unpaired) electrons. The van der Waals surface area contributed by atoms with Gasteiger partial charge in [-0.3, -0.25) is 0 Å². The number of halogens is 2. The summed E-state index contributed by atoms with van der Waals surface area (Å²) < 4.78 is 14.3. The Balaban J connectivity index is 2.41. The molecule has 19 heavy (non-hydrogen) atoms. The van der Waals surface area contributed by atoms with Gasteiger partial charge in [-0.05, 0) is 54.4 Å². The zero-order valence-electron chi connectivity index (χ0n) is 11.1. The summed E-state index contributed by atoms with van der Waals surface area (Å²) in [6.45, 7) is 4.88. The van der Waals surface area contributed by atoms with E-state index in [-0.39, 0.29) is 11.9 Å². The van der Waals surface area contributed by atoms with E-state index in [0.29, 0.717) is 0 Å². The molecular formula is C16H17BrFN. The maximum atomic E-state index is 13.2. The Hall–Kier alpha value is -1.19. The summed E-state index contributed by atoms with van der Waals surface area (Å²) in [7, 11) is 0. The van der Waals surface area contributed by atoms with E-state index < -0.39 is 0 Å². The fourth-order valence-corrected chi connectivity index (χ4v) is 2.49. The van der Waals surface area contributed by atoms with Crippen LogP contribution < -0.4 is 5.32 Å². The molecule has 0 aliphatic carbocycles. The summed E-state index contributed by atoms with van der Waals surface area (Å²) in [6, 6.07) is 13.3. The molecule has 0 saturated heterocycles. The van der Waals surface area contributed by atoms with Crippen LogP contribution in [0.15, 0.2) is 46.9 Å². The van der Waals surface area contributed by atoms with Crippen LogP contribution in [0.3, 0.4) is 0 Å². The second-order valence-electron chi connectivity index (χ2n) is 4.54. The molecule has 0 saturated carbocycles. The number of rotatable bonds is 4. The van der Waals surface area contributed by atoms with Gasteiger partial charge < -0.3 is 5.32 Å². The minimum absolute atomic E-state index is 0.0960. The minimum atomic E-state index is -0.188.